The summed E-state index contributed by atoms with van der Waals surface area (Å²) in [6.45, 7) is 3.62. The maximum Gasteiger partial charge on any atom is 0.251 e. The second-order valence-electron chi connectivity index (χ2n) is 3.43. The number of hydrogen-bond acceptors (Lipinski definition) is 1. The van der Waals surface area contributed by atoms with Crippen LogP contribution in [0.25, 0.3) is 0 Å². The highest BCUT2D eigenvalue weighted by Gasteiger charge is 2.25. The Labute approximate surface area is 80.2 Å². The Morgan fingerprint density at radius 2 is 2.25 bits per heavy atom. The molecule has 1 heterocycles. The van der Waals surface area contributed by atoms with Crippen LogP contribution in [-0.4, -0.2) is 35.8 Å². The molecule has 0 amide bonds. The molecule has 0 aromatic rings. The first kappa shape index (κ1) is 10.4. The van der Waals surface area contributed by atoms with Gasteiger partial charge in [0.15, 0.2) is 0 Å². The van der Waals surface area contributed by atoms with E-state index in [4.69, 9.17) is 0 Å². The molecule has 0 N–H and O–H groups in total. The van der Waals surface area contributed by atoms with Crippen LogP contribution in [0.4, 0.5) is 8.78 Å². The fourth-order valence-electron chi connectivity index (χ4n) is 1.56. The molecule has 1 fully saturated rings. The lowest BCUT2D eigenvalue weighted by molar-refractivity contribution is 0.0694. The first-order chi connectivity index (χ1) is 5.59. The maximum absolute atomic E-state index is 12.0. The standard InChI is InChI=1S/C8H14BrF2N/c1-6-4-12(5-8(10)11)3-2-7(6)9/h6-8H,2-5H2,1H3. The van der Waals surface area contributed by atoms with Crippen molar-refractivity contribution in [3.8, 4) is 0 Å². The van der Waals surface area contributed by atoms with Gasteiger partial charge in [-0.15, -0.1) is 0 Å². The lowest BCUT2D eigenvalue weighted by Crippen LogP contribution is -2.41. The van der Waals surface area contributed by atoms with E-state index >= 15 is 0 Å². The van der Waals surface area contributed by atoms with E-state index in [1.165, 1.54) is 0 Å². The molecule has 0 aliphatic carbocycles. The smallest absolute Gasteiger partial charge is 0.251 e. The summed E-state index contributed by atoms with van der Waals surface area (Å²) in [6, 6.07) is 0. The van der Waals surface area contributed by atoms with E-state index in [0.717, 1.165) is 19.5 Å². The SMILES string of the molecule is CC1CN(CC(F)F)CCC1Br. The van der Waals surface area contributed by atoms with Crippen molar-refractivity contribution in [2.75, 3.05) is 19.6 Å². The highest BCUT2D eigenvalue weighted by molar-refractivity contribution is 9.09. The van der Waals surface area contributed by atoms with Gasteiger partial charge in [0.1, 0.15) is 0 Å². The minimum atomic E-state index is -2.19. The molecule has 0 aromatic carbocycles. The summed E-state index contributed by atoms with van der Waals surface area (Å²) in [7, 11) is 0. The largest absolute Gasteiger partial charge is 0.297 e. The van der Waals surface area contributed by atoms with Crippen molar-refractivity contribution in [1.29, 1.82) is 0 Å². The van der Waals surface area contributed by atoms with Gasteiger partial charge in [0, 0.05) is 11.4 Å². The molecule has 4 heteroatoms. The van der Waals surface area contributed by atoms with Crippen LogP contribution in [0.1, 0.15) is 13.3 Å². The average Bonchev–Trinajstić information content (AvgIpc) is 1.96. The number of hydrogen-bond donors (Lipinski definition) is 0. The normalized spacial score (nSPS) is 32.8. The first-order valence-electron chi connectivity index (χ1n) is 4.24. The monoisotopic (exact) mass is 241 g/mol. The number of likely N-dealkylation sites (tertiary alicyclic amines) is 1. The summed E-state index contributed by atoms with van der Waals surface area (Å²) in [5.41, 5.74) is 0. The van der Waals surface area contributed by atoms with Crippen LogP contribution < -0.4 is 0 Å². The third kappa shape index (κ3) is 2.98. The van der Waals surface area contributed by atoms with E-state index in [-0.39, 0.29) is 6.54 Å². The summed E-state index contributed by atoms with van der Waals surface area (Å²) in [5.74, 6) is 0.484. The van der Waals surface area contributed by atoms with Crippen LogP contribution in [0.3, 0.4) is 0 Å². The molecule has 1 nitrogen and oxygen atoms in total. The van der Waals surface area contributed by atoms with E-state index < -0.39 is 6.43 Å². The van der Waals surface area contributed by atoms with E-state index in [9.17, 15) is 8.78 Å². The highest BCUT2D eigenvalue weighted by atomic mass is 79.9. The predicted octanol–water partition coefficient (Wildman–Crippen LogP) is 2.36. The minimum absolute atomic E-state index is 0.0654. The molecule has 1 aliphatic rings. The molecule has 0 spiro atoms. The van der Waals surface area contributed by atoms with Gasteiger partial charge in [0.2, 0.25) is 0 Å². The summed E-state index contributed by atoms with van der Waals surface area (Å²) < 4.78 is 24.0. The Bertz CT molecular complexity index is 143. The van der Waals surface area contributed by atoms with Crippen LogP contribution in [-0.2, 0) is 0 Å². The molecule has 12 heavy (non-hydrogen) atoms. The fraction of sp³-hybridized carbons (Fsp3) is 1.00. The zero-order chi connectivity index (χ0) is 9.14. The van der Waals surface area contributed by atoms with Crippen LogP contribution in [0.5, 0.6) is 0 Å². The molecule has 0 saturated carbocycles. The van der Waals surface area contributed by atoms with Crippen LogP contribution in [0.15, 0.2) is 0 Å². The third-order valence-corrected chi connectivity index (χ3v) is 3.64. The molecule has 1 rings (SSSR count). The average molecular weight is 242 g/mol. The summed E-state index contributed by atoms with van der Waals surface area (Å²) in [5, 5.41) is 0. The van der Waals surface area contributed by atoms with Crippen molar-refractivity contribution >= 4 is 15.9 Å². The lowest BCUT2D eigenvalue weighted by atomic mass is 10.0. The highest BCUT2D eigenvalue weighted by Crippen LogP contribution is 2.23. The topological polar surface area (TPSA) is 3.24 Å². The van der Waals surface area contributed by atoms with Gasteiger partial charge in [-0.05, 0) is 18.9 Å². The molecule has 2 unspecified atom stereocenters. The number of halogens is 3. The minimum Gasteiger partial charge on any atom is -0.297 e. The van der Waals surface area contributed by atoms with Gasteiger partial charge in [-0.1, -0.05) is 22.9 Å². The van der Waals surface area contributed by atoms with Crippen molar-refractivity contribution in [3.05, 3.63) is 0 Å². The second kappa shape index (κ2) is 4.51. The number of piperidine rings is 1. The van der Waals surface area contributed by atoms with Crippen molar-refractivity contribution in [2.24, 2.45) is 5.92 Å². The van der Waals surface area contributed by atoms with Gasteiger partial charge in [0.25, 0.3) is 6.43 Å². The molecule has 1 aliphatic heterocycles. The van der Waals surface area contributed by atoms with Gasteiger partial charge >= 0.3 is 0 Å². The Morgan fingerprint density at radius 1 is 1.58 bits per heavy atom. The zero-order valence-corrected chi connectivity index (χ0v) is 8.73. The Morgan fingerprint density at radius 3 is 2.75 bits per heavy atom. The van der Waals surface area contributed by atoms with Crippen molar-refractivity contribution in [2.45, 2.75) is 24.6 Å². The Balaban J connectivity index is 2.30. The third-order valence-electron chi connectivity index (χ3n) is 2.28. The van der Waals surface area contributed by atoms with Gasteiger partial charge in [0.05, 0.1) is 6.54 Å². The lowest BCUT2D eigenvalue weighted by Gasteiger charge is -2.33. The van der Waals surface area contributed by atoms with Crippen LogP contribution >= 0.6 is 15.9 Å². The molecular formula is C8H14BrF2N. The molecule has 0 bridgehead atoms. The number of nitrogens with zero attached hydrogens (tertiary/aromatic N) is 1. The van der Waals surface area contributed by atoms with Crippen molar-refractivity contribution < 1.29 is 8.78 Å². The van der Waals surface area contributed by atoms with E-state index in [0.29, 0.717) is 10.7 Å². The second-order valence-corrected chi connectivity index (χ2v) is 4.61. The molecule has 2 atom stereocenters. The van der Waals surface area contributed by atoms with Gasteiger partial charge in [-0.25, -0.2) is 8.78 Å². The number of rotatable bonds is 2. The van der Waals surface area contributed by atoms with Crippen molar-refractivity contribution in [1.82, 2.24) is 4.90 Å². The molecule has 72 valence electrons. The maximum atomic E-state index is 12.0. The molecule has 0 aromatic heterocycles. The van der Waals surface area contributed by atoms with E-state index in [2.05, 4.69) is 22.9 Å². The molecule has 0 radical (unpaired) electrons. The first-order valence-corrected chi connectivity index (χ1v) is 5.15. The van der Waals surface area contributed by atoms with Crippen molar-refractivity contribution in [3.63, 3.8) is 0 Å². The zero-order valence-electron chi connectivity index (χ0n) is 7.14. The summed E-state index contributed by atoms with van der Waals surface area (Å²) >= 11 is 3.53. The Kier molecular flexibility index (Phi) is 3.90. The van der Waals surface area contributed by atoms with Gasteiger partial charge < -0.3 is 0 Å². The fourth-order valence-corrected chi connectivity index (χ4v) is 1.94. The quantitative estimate of drug-likeness (QED) is 0.672. The molecular weight excluding hydrogens is 228 g/mol. The van der Waals surface area contributed by atoms with Gasteiger partial charge in [-0.2, -0.15) is 0 Å². The summed E-state index contributed by atoms with van der Waals surface area (Å²) in [6.07, 6.45) is -1.21. The predicted molar refractivity (Wildman–Crippen MR) is 48.9 cm³/mol. The Hall–Kier alpha value is 0.300. The van der Waals surface area contributed by atoms with E-state index in [1.54, 1.807) is 0 Å². The molecule has 1 saturated heterocycles. The van der Waals surface area contributed by atoms with Gasteiger partial charge in [-0.3, -0.25) is 4.90 Å². The summed E-state index contributed by atoms with van der Waals surface area (Å²) in [4.78, 5) is 2.35. The van der Waals surface area contributed by atoms with E-state index in [1.807, 2.05) is 4.90 Å². The number of alkyl halides is 3. The van der Waals surface area contributed by atoms with Crippen LogP contribution in [0, 0.1) is 5.92 Å². The van der Waals surface area contributed by atoms with Crippen LogP contribution in [0.2, 0.25) is 0 Å².